The molecular weight excluding hydrogens is 488 g/mol. The van der Waals surface area contributed by atoms with Crippen LogP contribution in [0.1, 0.15) is 78.6 Å². The first-order chi connectivity index (χ1) is 17.9. The van der Waals surface area contributed by atoms with Gasteiger partial charge in [0.2, 0.25) is 0 Å². The van der Waals surface area contributed by atoms with Crippen LogP contribution in [0.4, 0.5) is 0 Å². The summed E-state index contributed by atoms with van der Waals surface area (Å²) in [6.07, 6.45) is 14.8. The van der Waals surface area contributed by atoms with E-state index in [1.165, 1.54) is 0 Å². The Hall–Kier alpha value is -2.26. The largest absolute Gasteiger partial charge is 0.473 e. The Balaban J connectivity index is 0.000000757. The van der Waals surface area contributed by atoms with Gasteiger partial charge in [-0.1, -0.05) is 38.4 Å². The van der Waals surface area contributed by atoms with Gasteiger partial charge in [0, 0.05) is 17.9 Å². The number of ketones is 1. The van der Waals surface area contributed by atoms with Crippen molar-refractivity contribution in [3.8, 4) is 0 Å². The van der Waals surface area contributed by atoms with Crippen LogP contribution in [0, 0.1) is 34.5 Å². The van der Waals surface area contributed by atoms with Crippen molar-refractivity contribution in [2.24, 2.45) is 39.7 Å². The van der Waals surface area contributed by atoms with E-state index in [0.29, 0.717) is 30.1 Å². The molecule has 0 spiro atoms. The van der Waals surface area contributed by atoms with Gasteiger partial charge in [-0.25, -0.2) is 9.59 Å². The van der Waals surface area contributed by atoms with Gasteiger partial charge in [0.05, 0.1) is 12.3 Å². The number of fused-ring (bicyclic) bond motifs is 3. The van der Waals surface area contributed by atoms with Crippen LogP contribution in [0.3, 0.4) is 0 Å². The fourth-order valence-corrected chi connectivity index (χ4v) is 7.16. The quantitative estimate of drug-likeness (QED) is 0.172. The molecule has 3 rings (SSSR count). The number of aliphatic hydroxyl groups is 1. The molecule has 3 aliphatic rings. The maximum absolute atomic E-state index is 13.9. The molecule has 3 saturated carbocycles. The van der Waals surface area contributed by atoms with Gasteiger partial charge in [0.25, 0.3) is 0 Å². The summed E-state index contributed by atoms with van der Waals surface area (Å²) < 4.78 is 0. The lowest BCUT2D eigenvalue weighted by Crippen LogP contribution is -2.56. The minimum absolute atomic E-state index is 0.132. The molecule has 9 nitrogen and oxygen atoms in total. The zero-order valence-corrected chi connectivity index (χ0v) is 23.8. The average molecular weight is 537 g/mol. The van der Waals surface area contributed by atoms with Crippen LogP contribution in [0.15, 0.2) is 17.3 Å². The van der Waals surface area contributed by atoms with E-state index >= 15 is 0 Å². The monoisotopic (exact) mass is 536 g/mol. The van der Waals surface area contributed by atoms with Crippen molar-refractivity contribution in [2.75, 3.05) is 27.2 Å². The molecule has 0 bridgehead atoms. The lowest BCUT2D eigenvalue weighted by molar-refractivity contribution is -0.159. The number of aliphatic hydroxyl groups excluding tert-OH is 1. The number of nitrogens with zero attached hydrogens (tertiary/aromatic N) is 2. The minimum atomic E-state index is -1.82. The zero-order chi connectivity index (χ0) is 28.5. The molecular formula is C29H48N2O7. The Kier molecular flexibility index (Phi) is 12.0. The summed E-state index contributed by atoms with van der Waals surface area (Å²) in [4.78, 5) is 39.4. The fourth-order valence-electron chi connectivity index (χ4n) is 7.16. The van der Waals surface area contributed by atoms with Crippen LogP contribution < -0.4 is 0 Å². The Bertz CT molecular complexity index is 861. The number of oxime groups is 1. The third kappa shape index (κ3) is 7.88. The van der Waals surface area contributed by atoms with Crippen molar-refractivity contribution < 1.29 is 34.5 Å². The molecule has 0 amide bonds. The molecule has 0 aromatic heterocycles. The second kappa shape index (κ2) is 14.2. The Morgan fingerprint density at radius 1 is 1.13 bits per heavy atom. The number of hydrogen-bond donors (Lipinski definition) is 3. The van der Waals surface area contributed by atoms with Gasteiger partial charge in [0.15, 0.2) is 0 Å². The molecule has 7 atom stereocenters. The van der Waals surface area contributed by atoms with Gasteiger partial charge in [-0.15, -0.1) is 0 Å². The molecule has 0 aliphatic heterocycles. The molecule has 0 radical (unpaired) electrons. The number of likely N-dealkylation sites (N-methyl/N-ethyl adjacent to an activating group) is 1. The van der Waals surface area contributed by atoms with Crippen molar-refractivity contribution in [1.82, 2.24) is 4.90 Å². The Labute approximate surface area is 227 Å². The summed E-state index contributed by atoms with van der Waals surface area (Å²) in [5, 5.41) is 29.0. The summed E-state index contributed by atoms with van der Waals surface area (Å²) in [6.45, 7) is 8.33. The number of rotatable bonds is 9. The number of carboxylic acid groups (broad SMARTS) is 2. The molecule has 3 N–H and O–H groups in total. The zero-order valence-electron chi connectivity index (χ0n) is 23.8. The Morgan fingerprint density at radius 2 is 1.82 bits per heavy atom. The van der Waals surface area contributed by atoms with E-state index in [0.717, 1.165) is 64.3 Å². The van der Waals surface area contributed by atoms with E-state index in [9.17, 15) is 9.90 Å². The second-order valence-corrected chi connectivity index (χ2v) is 12.0. The first-order valence-corrected chi connectivity index (χ1v) is 14.0. The van der Waals surface area contributed by atoms with E-state index in [1.807, 2.05) is 20.2 Å². The lowest BCUT2D eigenvalue weighted by atomic mass is 9.46. The first-order valence-electron chi connectivity index (χ1n) is 14.0. The predicted molar refractivity (Wildman–Crippen MR) is 146 cm³/mol. The highest BCUT2D eigenvalue weighted by Gasteiger charge is 2.57. The highest BCUT2D eigenvalue weighted by molar-refractivity contribution is 6.27. The highest BCUT2D eigenvalue weighted by Crippen LogP contribution is 2.61. The third-order valence-corrected chi connectivity index (χ3v) is 9.52. The van der Waals surface area contributed by atoms with Crippen molar-refractivity contribution in [1.29, 1.82) is 0 Å². The molecule has 3 fully saturated rings. The van der Waals surface area contributed by atoms with Gasteiger partial charge >= 0.3 is 11.9 Å². The molecule has 0 unspecified atom stereocenters. The third-order valence-electron chi connectivity index (χ3n) is 9.52. The summed E-state index contributed by atoms with van der Waals surface area (Å²) in [5.41, 5.74) is 0.0147. The van der Waals surface area contributed by atoms with Gasteiger partial charge < -0.3 is 25.1 Å². The van der Waals surface area contributed by atoms with E-state index in [2.05, 4.69) is 36.9 Å². The topological polar surface area (TPSA) is 137 Å². The number of hydrogen-bond acceptors (Lipinski definition) is 7. The van der Waals surface area contributed by atoms with Gasteiger partial charge in [-0.2, -0.15) is 0 Å². The minimum Gasteiger partial charge on any atom is -0.473 e. The molecule has 3 aliphatic carbocycles. The smallest absolute Gasteiger partial charge is 0.414 e. The number of aliphatic carboxylic acids is 2. The van der Waals surface area contributed by atoms with Gasteiger partial charge in [-0.3, -0.25) is 4.79 Å². The van der Waals surface area contributed by atoms with Crippen molar-refractivity contribution >= 4 is 23.9 Å². The molecule has 0 heterocycles. The normalized spacial score (nSPS) is 33.8. The summed E-state index contributed by atoms with van der Waals surface area (Å²) in [5.74, 6) is -1.43. The molecule has 38 heavy (non-hydrogen) atoms. The molecule has 0 aromatic rings. The van der Waals surface area contributed by atoms with Crippen molar-refractivity contribution in [3.05, 3.63) is 12.2 Å². The van der Waals surface area contributed by atoms with Crippen LogP contribution in [0.5, 0.6) is 0 Å². The van der Waals surface area contributed by atoms with Crippen LogP contribution in [-0.4, -0.2) is 77.5 Å². The predicted octanol–water partition coefficient (Wildman–Crippen LogP) is 4.24. The maximum atomic E-state index is 13.9. The Morgan fingerprint density at radius 3 is 2.42 bits per heavy atom. The van der Waals surface area contributed by atoms with Gasteiger partial charge in [-0.05, 0) is 94.7 Å². The van der Waals surface area contributed by atoms with Gasteiger partial charge in [0.1, 0.15) is 12.4 Å². The maximum Gasteiger partial charge on any atom is 0.414 e. The number of Topliss-reactive ketones (excluding diaryl/α,β-unsaturated/α-hetero) is 1. The standard InChI is InChI=1S/C27H46N2O3.C2H2O4/c1-6-20(9-7-8-16-28-32-18-17-29(4)5)27(3)15-13-24-23(25(27)31)11-10-21-19-22(30)12-14-26(21,24)2;3-1(4)2(5)6/h7-8,16,20-24,30H,6,9-15,17-19H2,1-5H3;(H,3,4)(H,5,6)/b8-7+,28-16-;/t20-,21-,22+,23-,24+,26+,27-;/m1./s1. The second-order valence-electron chi connectivity index (χ2n) is 12.0. The van der Waals surface area contributed by atoms with E-state index < -0.39 is 11.9 Å². The average Bonchev–Trinajstić information content (AvgIpc) is 2.86. The molecule has 0 aromatic carbocycles. The van der Waals surface area contributed by atoms with E-state index in [-0.39, 0.29) is 22.9 Å². The fraction of sp³-hybridized carbons (Fsp3) is 0.793. The van der Waals surface area contributed by atoms with Crippen molar-refractivity contribution in [2.45, 2.75) is 84.7 Å². The molecule has 216 valence electrons. The molecule has 9 heteroatoms. The lowest BCUT2D eigenvalue weighted by Gasteiger charge is -2.58. The number of carboxylic acids is 2. The summed E-state index contributed by atoms with van der Waals surface area (Å²) in [6, 6.07) is 0. The number of carbonyl (C=O) groups is 3. The van der Waals surface area contributed by atoms with E-state index in [4.69, 9.17) is 24.6 Å². The molecule has 0 saturated heterocycles. The van der Waals surface area contributed by atoms with Crippen LogP contribution in [0.25, 0.3) is 0 Å². The van der Waals surface area contributed by atoms with Crippen molar-refractivity contribution in [3.63, 3.8) is 0 Å². The van der Waals surface area contributed by atoms with E-state index in [1.54, 1.807) is 6.21 Å². The number of carbonyl (C=O) groups excluding carboxylic acids is 1. The van der Waals surface area contributed by atoms with Crippen LogP contribution >= 0.6 is 0 Å². The first kappa shape index (κ1) is 32.0. The highest BCUT2D eigenvalue weighted by atomic mass is 16.6. The number of allylic oxidation sites excluding steroid dienone is 2. The summed E-state index contributed by atoms with van der Waals surface area (Å²) >= 11 is 0. The van der Waals surface area contributed by atoms with Crippen LogP contribution in [-0.2, 0) is 19.2 Å². The van der Waals surface area contributed by atoms with Crippen LogP contribution in [0.2, 0.25) is 0 Å². The SMILES string of the molecule is CC[C@H](C/C=C/C=N\OCCN(C)C)[C@@]1(C)CC[C@H]2[C@@H](CC[C@@H]3C[C@@H](O)CC[C@@]32C)C1=O.O=C(O)C(=O)O. The summed E-state index contributed by atoms with van der Waals surface area (Å²) in [7, 11) is 4.03.